The van der Waals surface area contributed by atoms with Gasteiger partial charge in [0.2, 0.25) is 0 Å². The van der Waals surface area contributed by atoms with E-state index in [9.17, 15) is 50.4 Å². The van der Waals surface area contributed by atoms with Crippen molar-refractivity contribution >= 4 is 11.8 Å². The fourth-order valence-electron chi connectivity index (χ4n) is 17.9. The van der Waals surface area contributed by atoms with Crippen LogP contribution < -0.4 is 0 Å². The second-order valence-electron chi connectivity index (χ2n) is 36.1. The van der Waals surface area contributed by atoms with Crippen LogP contribution in [0.5, 0.6) is 0 Å². The lowest BCUT2D eigenvalue weighted by atomic mass is 9.91. The summed E-state index contributed by atoms with van der Waals surface area (Å²) in [5.41, 5.74) is 0. The Morgan fingerprint density at radius 3 is 0.991 bits per heavy atom. The molecule has 3 aliphatic rings. The number of ether oxygens (including phenoxy) is 4. The Kier molecular flexibility index (Phi) is 67.1. The highest BCUT2D eigenvalue weighted by Gasteiger charge is 2.50. The molecule has 3 rings (SSSR count). The smallest absolute Gasteiger partial charge is 0.311 e. The summed E-state index contributed by atoms with van der Waals surface area (Å²) in [6, 6.07) is 0. The van der Waals surface area contributed by atoms with Crippen molar-refractivity contribution in [2.45, 2.75) is 558 Å². The summed E-state index contributed by atoms with van der Waals surface area (Å²) in [7, 11) is 0. The Bertz CT molecular complexity index is 2010. The topological polar surface area (TPSA) is 233 Å². The van der Waals surface area contributed by atoms with E-state index in [0.29, 0.717) is 18.6 Å². The summed E-state index contributed by atoms with van der Waals surface area (Å²) in [5.74, 6) is 2.28. The summed E-state index contributed by atoms with van der Waals surface area (Å²) in [5, 5.41) is 84.6. The van der Waals surface area contributed by atoms with E-state index >= 15 is 0 Å². The number of hydrogen-bond donors (Lipinski definition) is 8. The minimum absolute atomic E-state index is 0.266. The number of carbonyl (C=O) groups excluding carboxylic acids is 2. The zero-order chi connectivity index (χ0) is 79.5. The van der Waals surface area contributed by atoms with Crippen LogP contribution in [0.25, 0.3) is 0 Å². The Morgan fingerprint density at radius 2 is 0.636 bits per heavy atom. The highest BCUT2D eigenvalue weighted by atomic mass is 16.8. The number of ketones is 1. The van der Waals surface area contributed by atoms with E-state index in [4.69, 9.17) is 18.9 Å². The zero-order valence-electron chi connectivity index (χ0n) is 72.6. The maximum Gasteiger partial charge on any atom is 0.311 e. The fraction of sp³-hybridized carbons (Fsp3) is 0.979. The lowest BCUT2D eigenvalue weighted by Crippen LogP contribution is -2.63. The molecule has 0 spiro atoms. The molecule has 3 fully saturated rings. The average Bonchev–Trinajstić information content (AvgIpc) is 0.910. The van der Waals surface area contributed by atoms with Crippen molar-refractivity contribution in [3.8, 4) is 0 Å². The minimum Gasteiger partial charge on any atom is -0.463 e. The molecule has 0 aromatic rings. The highest BCUT2D eigenvalue weighted by Crippen LogP contribution is 2.49. The van der Waals surface area contributed by atoms with Crippen LogP contribution in [0.3, 0.4) is 0 Å². The van der Waals surface area contributed by atoms with Crippen LogP contribution in [-0.2, 0) is 28.5 Å². The van der Waals surface area contributed by atoms with Gasteiger partial charge in [-0.15, -0.1) is 0 Å². The summed E-state index contributed by atoms with van der Waals surface area (Å²) in [6.45, 7) is 8.08. The number of esters is 1. The monoisotopic (exact) mass is 1560 g/mol. The van der Waals surface area contributed by atoms with Crippen LogP contribution in [-0.4, -0.2) is 133 Å². The first-order valence-electron chi connectivity index (χ1n) is 48.8. The number of unbranched alkanes of at least 4 members (excludes halogenated alkanes) is 61. The molecule has 2 saturated heterocycles. The third-order valence-corrected chi connectivity index (χ3v) is 26.0. The number of carbonyl (C=O) groups is 2. The Morgan fingerprint density at radius 1 is 0.345 bits per heavy atom. The predicted octanol–water partition coefficient (Wildman–Crippen LogP) is 24.3. The van der Waals surface area contributed by atoms with Crippen LogP contribution in [0.1, 0.15) is 490 Å². The first kappa shape index (κ1) is 103. The molecule has 0 aromatic heterocycles. The van der Waals surface area contributed by atoms with Gasteiger partial charge in [-0.2, -0.15) is 0 Å². The van der Waals surface area contributed by atoms with Gasteiger partial charge in [-0.3, -0.25) is 9.59 Å². The molecule has 14 heteroatoms. The standard InChI is InChI=1S/C96H184O14/c1-5-7-9-11-13-15-17-19-21-23-24-25-26-31-37-43-49-55-61-67-73-82(94(106)107-78-87-89(101)91(103)93(105)96(109-87)110-95-92(104)90(102)88(100)86(77-97)108-95)85(99)75-69-63-57-51-45-39-33-36-42-48-54-60-66-72-81-76-83(81)79(3)70-64-58-52-46-40-34-30-27-28-32-38-44-50-56-62-68-74-84(98)80(4)71-65-59-53-47-41-35-29-22-20-18-16-14-12-10-8-6-2/h79-83,85-93,95-97,99-105H,5-78H2,1-4H3/t79?,80?,81?,82-,83?,85-,86-,87-,88-,89-,90+,91+,92-,93-,95-,96-/m1/s1. The van der Waals surface area contributed by atoms with Crippen LogP contribution >= 0.6 is 0 Å². The molecule has 1 aliphatic carbocycles. The van der Waals surface area contributed by atoms with Crippen molar-refractivity contribution in [2.24, 2.45) is 29.6 Å². The van der Waals surface area contributed by atoms with Crippen molar-refractivity contribution in [3.63, 3.8) is 0 Å². The van der Waals surface area contributed by atoms with Gasteiger partial charge in [-0.1, -0.05) is 451 Å². The number of aliphatic hydroxyl groups is 8. The van der Waals surface area contributed by atoms with Crippen molar-refractivity contribution in [1.82, 2.24) is 0 Å². The van der Waals surface area contributed by atoms with Crippen LogP contribution in [0.2, 0.25) is 0 Å². The lowest BCUT2D eigenvalue weighted by Gasteiger charge is -2.44. The van der Waals surface area contributed by atoms with E-state index in [1.165, 1.54) is 385 Å². The minimum atomic E-state index is -1.83. The van der Waals surface area contributed by atoms with E-state index in [2.05, 4.69) is 27.7 Å². The zero-order valence-corrected chi connectivity index (χ0v) is 72.6. The molecule has 110 heavy (non-hydrogen) atoms. The third-order valence-electron chi connectivity index (χ3n) is 26.0. The van der Waals surface area contributed by atoms with Gasteiger partial charge in [-0.25, -0.2) is 0 Å². The number of rotatable bonds is 82. The summed E-state index contributed by atoms with van der Waals surface area (Å²) in [6.07, 6.45) is 75.6. The second-order valence-corrected chi connectivity index (χ2v) is 36.1. The van der Waals surface area contributed by atoms with Crippen molar-refractivity contribution in [1.29, 1.82) is 0 Å². The molecule has 0 amide bonds. The van der Waals surface area contributed by atoms with Gasteiger partial charge < -0.3 is 59.8 Å². The predicted molar refractivity (Wildman–Crippen MR) is 456 cm³/mol. The quantitative estimate of drug-likeness (QED) is 0.0209. The molecule has 2 aliphatic heterocycles. The molecule has 0 radical (unpaired) electrons. The Labute approximate surface area is 678 Å². The maximum atomic E-state index is 13.9. The number of hydrogen-bond acceptors (Lipinski definition) is 14. The molecule has 652 valence electrons. The van der Waals surface area contributed by atoms with E-state index in [1.807, 2.05) is 0 Å². The SMILES string of the molecule is CCCCCCCCCCCCCCCCCCCCCC[C@@H](C(=O)OC[C@H]1O[C@H](O[C@H]2O[C@H](CO)[C@@H](O)[C@H](O)[C@H]2O)[C@H](O)[C@@H](O)[C@@H]1O)[C@H](O)CCCCCCCCCCCCCCCC1CC1C(C)CCCCCCCCCCCCCCCCCCC(=O)C(C)CCCCCCCCCCCCCCCCCC. The first-order valence-corrected chi connectivity index (χ1v) is 48.8. The Hall–Kier alpha value is -1.30. The largest absolute Gasteiger partial charge is 0.463 e. The average molecular weight is 1560 g/mol. The molecular weight excluding hydrogens is 1380 g/mol. The van der Waals surface area contributed by atoms with Gasteiger partial charge in [0.25, 0.3) is 0 Å². The molecule has 0 aromatic carbocycles. The van der Waals surface area contributed by atoms with E-state index < -0.39 is 92.6 Å². The molecule has 14 nitrogen and oxygen atoms in total. The van der Waals surface area contributed by atoms with Gasteiger partial charge >= 0.3 is 5.97 Å². The third kappa shape index (κ3) is 52.5. The van der Waals surface area contributed by atoms with Crippen LogP contribution in [0.4, 0.5) is 0 Å². The van der Waals surface area contributed by atoms with Crippen LogP contribution in [0.15, 0.2) is 0 Å². The number of Topliss-reactive ketones (excluding diaryl/α,β-unsaturated/α-hetero) is 1. The van der Waals surface area contributed by atoms with Gasteiger partial charge in [0.15, 0.2) is 12.6 Å². The van der Waals surface area contributed by atoms with E-state index in [1.54, 1.807) is 0 Å². The molecule has 0 bridgehead atoms. The summed E-state index contributed by atoms with van der Waals surface area (Å²) in [4.78, 5) is 26.6. The second kappa shape index (κ2) is 71.8. The van der Waals surface area contributed by atoms with E-state index in [-0.39, 0.29) is 5.92 Å². The van der Waals surface area contributed by atoms with Gasteiger partial charge in [0.1, 0.15) is 61.2 Å². The van der Waals surface area contributed by atoms with Crippen molar-refractivity contribution < 1.29 is 69.4 Å². The van der Waals surface area contributed by atoms with Gasteiger partial charge in [0, 0.05) is 12.3 Å². The van der Waals surface area contributed by atoms with Crippen molar-refractivity contribution in [3.05, 3.63) is 0 Å². The normalized spacial score (nSPS) is 23.2. The highest BCUT2D eigenvalue weighted by molar-refractivity contribution is 5.80. The molecule has 2 heterocycles. The first-order chi connectivity index (χ1) is 53.7. The van der Waals surface area contributed by atoms with E-state index in [0.717, 1.165) is 82.0 Å². The lowest BCUT2D eigenvalue weighted by molar-refractivity contribution is -0.376. The molecule has 1 saturated carbocycles. The number of aliphatic hydroxyl groups excluding tert-OH is 8. The molecule has 16 atom stereocenters. The molecule has 8 N–H and O–H groups in total. The molecular formula is C96H184O14. The van der Waals surface area contributed by atoms with Crippen LogP contribution in [0, 0.1) is 29.6 Å². The van der Waals surface area contributed by atoms with Gasteiger partial charge in [-0.05, 0) is 49.9 Å². The Balaban J connectivity index is 1.13. The fourth-order valence-corrected chi connectivity index (χ4v) is 17.9. The van der Waals surface area contributed by atoms with Gasteiger partial charge in [0.05, 0.1) is 18.6 Å². The molecule has 4 unspecified atom stereocenters. The summed E-state index contributed by atoms with van der Waals surface area (Å²) >= 11 is 0. The summed E-state index contributed by atoms with van der Waals surface area (Å²) < 4.78 is 22.5. The maximum absolute atomic E-state index is 13.9. The van der Waals surface area contributed by atoms with Crippen molar-refractivity contribution in [2.75, 3.05) is 13.2 Å².